The first-order valence-electron chi connectivity index (χ1n) is 25.5. The minimum absolute atomic E-state index is 0.0333. The summed E-state index contributed by atoms with van der Waals surface area (Å²) < 4.78 is 13.0. The molecule has 16 nitrogen and oxygen atoms in total. The van der Waals surface area contributed by atoms with Crippen LogP contribution in [-0.4, -0.2) is 104 Å². The summed E-state index contributed by atoms with van der Waals surface area (Å²) in [7, 11) is -0.631. The smallest absolute Gasteiger partial charge is 0.404 e. The summed E-state index contributed by atoms with van der Waals surface area (Å²) in [5, 5.41) is 16.9. The molecule has 10 N–H and O–H groups in total. The number of nitrogens with two attached hydrogens (primary N) is 2. The monoisotopic (exact) mass is 957 g/mol. The lowest BCUT2D eigenvalue weighted by molar-refractivity contribution is -0.199. The van der Waals surface area contributed by atoms with Gasteiger partial charge in [0.25, 0.3) is 5.91 Å². The molecule has 1 heterocycles. The highest BCUT2D eigenvalue weighted by Crippen LogP contribution is 2.65. The van der Waals surface area contributed by atoms with Crippen molar-refractivity contribution in [3.63, 3.8) is 0 Å². The molecule has 380 valence electrons. The summed E-state index contributed by atoms with van der Waals surface area (Å²) >= 11 is 0. The fraction of sp³-hybridized carbons (Fsp3) is 0.654. The van der Waals surface area contributed by atoms with Gasteiger partial charge in [0.1, 0.15) is 24.2 Å². The van der Waals surface area contributed by atoms with Crippen LogP contribution in [0.15, 0.2) is 48.5 Å². The molecule has 0 aromatic heterocycles. The average molecular weight is 957 g/mol. The van der Waals surface area contributed by atoms with Gasteiger partial charge in [-0.2, -0.15) is 0 Å². The largest absolute Gasteiger partial charge is 0.481 e. The third kappa shape index (κ3) is 14.6. The van der Waals surface area contributed by atoms with Gasteiger partial charge in [0.05, 0.1) is 17.6 Å². The van der Waals surface area contributed by atoms with Crippen LogP contribution in [0.1, 0.15) is 142 Å². The number of hydrogen-bond acceptors (Lipinski definition) is 10. The van der Waals surface area contributed by atoms with E-state index in [1.54, 1.807) is 12.1 Å². The molecule has 17 heteroatoms. The molecule has 2 unspecified atom stereocenters. The highest BCUT2D eigenvalue weighted by molar-refractivity contribution is 6.47. The van der Waals surface area contributed by atoms with Crippen molar-refractivity contribution in [1.82, 2.24) is 31.9 Å². The number of aryl methyl sites for hydroxylation is 1. The fourth-order valence-electron chi connectivity index (χ4n) is 10.2. The lowest BCUT2D eigenvalue weighted by Crippen LogP contribution is -2.65. The normalized spacial score (nSPS) is 22.2. The Morgan fingerprint density at radius 2 is 1.30 bits per heavy atom. The molecule has 2 aromatic carbocycles. The van der Waals surface area contributed by atoms with Crippen molar-refractivity contribution in [1.29, 1.82) is 0 Å². The molecule has 2 bridgehead atoms. The van der Waals surface area contributed by atoms with Crippen LogP contribution >= 0.6 is 0 Å². The zero-order chi connectivity index (χ0) is 50.5. The lowest BCUT2D eigenvalue weighted by Gasteiger charge is -2.64. The average Bonchev–Trinajstić information content (AvgIpc) is 3.69. The van der Waals surface area contributed by atoms with Crippen LogP contribution in [0.25, 0.3) is 11.1 Å². The number of hydrogen-bond donors (Lipinski definition) is 8. The number of benzene rings is 2. The van der Waals surface area contributed by atoms with Crippen molar-refractivity contribution in [3.8, 4) is 11.1 Å². The van der Waals surface area contributed by atoms with Crippen molar-refractivity contribution < 1.29 is 38.1 Å². The highest BCUT2D eigenvalue weighted by atomic mass is 16.7. The van der Waals surface area contributed by atoms with E-state index in [0.29, 0.717) is 49.6 Å². The van der Waals surface area contributed by atoms with Gasteiger partial charge < -0.3 is 52.7 Å². The third-order valence-corrected chi connectivity index (χ3v) is 14.7. The van der Waals surface area contributed by atoms with E-state index in [0.717, 1.165) is 43.2 Å². The zero-order valence-electron chi connectivity index (χ0n) is 42.4. The molecule has 1 aliphatic heterocycles. The predicted molar refractivity (Wildman–Crippen MR) is 269 cm³/mol. The van der Waals surface area contributed by atoms with Gasteiger partial charge in [0.15, 0.2) is 0 Å². The van der Waals surface area contributed by atoms with Gasteiger partial charge in [-0.15, -0.1) is 0 Å². The van der Waals surface area contributed by atoms with Crippen molar-refractivity contribution in [3.05, 3.63) is 59.7 Å². The van der Waals surface area contributed by atoms with Crippen molar-refractivity contribution in [2.45, 2.75) is 174 Å². The Labute approximate surface area is 410 Å². The zero-order valence-corrected chi connectivity index (χ0v) is 42.4. The Morgan fingerprint density at radius 3 is 1.93 bits per heavy atom. The maximum atomic E-state index is 13.8. The van der Waals surface area contributed by atoms with Crippen molar-refractivity contribution in [2.24, 2.45) is 34.6 Å². The second-order valence-electron chi connectivity index (χ2n) is 20.8. The maximum absolute atomic E-state index is 13.8. The number of rotatable bonds is 27. The van der Waals surface area contributed by atoms with Gasteiger partial charge in [-0.05, 0) is 150 Å². The van der Waals surface area contributed by atoms with E-state index < -0.39 is 66.5 Å². The van der Waals surface area contributed by atoms with Crippen LogP contribution in [0.2, 0.25) is 0 Å². The quantitative estimate of drug-likeness (QED) is 0.0462. The predicted octanol–water partition coefficient (Wildman–Crippen LogP) is 4.46. The van der Waals surface area contributed by atoms with E-state index in [2.05, 4.69) is 83.9 Å². The first-order valence-corrected chi connectivity index (χ1v) is 25.5. The van der Waals surface area contributed by atoms with E-state index in [4.69, 9.17) is 20.8 Å². The molecular formula is C52H81BN8O8. The summed E-state index contributed by atoms with van der Waals surface area (Å²) in [6.45, 7) is 16.8. The van der Waals surface area contributed by atoms with Gasteiger partial charge in [0.2, 0.25) is 29.5 Å². The standard InChI is InChI=1S/C52H81BN8O8/c1-9-10-14-35-17-19-36(20-18-35)37-21-23-38(24-22-37)47(64)56-28-25-45(62)59-40(15-11-12-26-54)49(66)60-41(16-13-27-55)48(65)57-33(4)46(63)61-42(29-32(2)3)50(67)58-34(5)53-68-44-31-39-30-43(51(39,6)7)52(44,8)69-53/h17-24,32-34,39-44H,9-16,25-31,54-55H2,1-8H3,(H,56,64)(H,57,65)(H,58,67)(H,59,62)(H,60,66)(H,61,63)/t33-,34-,39-,40-,41?,42-,43-,44?,52-/m0/s1. The topological polar surface area (TPSA) is 245 Å². The van der Waals surface area contributed by atoms with Crippen LogP contribution in [0.4, 0.5) is 0 Å². The van der Waals surface area contributed by atoms with Gasteiger partial charge in [-0.25, -0.2) is 0 Å². The van der Waals surface area contributed by atoms with E-state index in [9.17, 15) is 28.8 Å². The second kappa shape index (κ2) is 25.3. The SMILES string of the molecule is CCCCc1ccc(-c2ccc(C(=O)NCCC(=O)N[C@@H](CCCCN)C(=O)NC(CCCN)C(=O)N[C@@H](C)C(=O)N[C@@H](CC(C)C)C(=O)N[C@@H](C)B3OC4C[C@@H]5C[C@@H](C5(C)C)[C@]4(C)O3)cc2)cc1. The first kappa shape index (κ1) is 55.1. The molecule has 2 aromatic rings. The number of carbonyl (C=O) groups excluding carboxylic acids is 6. The van der Waals surface area contributed by atoms with Crippen LogP contribution in [0.3, 0.4) is 0 Å². The minimum Gasteiger partial charge on any atom is -0.404 e. The molecule has 9 atom stereocenters. The number of amides is 6. The lowest BCUT2D eigenvalue weighted by atomic mass is 9.43. The Morgan fingerprint density at radius 1 is 0.710 bits per heavy atom. The molecule has 4 aliphatic rings. The second-order valence-corrected chi connectivity index (χ2v) is 20.8. The molecule has 6 amide bonds. The number of nitrogens with one attached hydrogen (secondary N) is 6. The Kier molecular flexibility index (Phi) is 20.2. The maximum Gasteiger partial charge on any atom is 0.481 e. The van der Waals surface area contributed by atoms with Gasteiger partial charge in [-0.1, -0.05) is 77.4 Å². The van der Waals surface area contributed by atoms with E-state index in [1.165, 1.54) is 12.5 Å². The van der Waals surface area contributed by atoms with E-state index in [-0.39, 0.29) is 61.6 Å². The Bertz CT molecular complexity index is 2050. The summed E-state index contributed by atoms with van der Waals surface area (Å²) in [5.74, 6) is -2.43. The summed E-state index contributed by atoms with van der Waals surface area (Å²) in [6, 6.07) is 11.7. The van der Waals surface area contributed by atoms with Crippen LogP contribution in [-0.2, 0) is 39.7 Å². The Hall–Kier alpha value is -4.84. The van der Waals surface area contributed by atoms with E-state index in [1.807, 2.05) is 32.9 Å². The molecule has 0 radical (unpaired) electrons. The van der Waals surface area contributed by atoms with Crippen molar-refractivity contribution in [2.75, 3.05) is 19.6 Å². The molecule has 3 saturated carbocycles. The van der Waals surface area contributed by atoms with Gasteiger partial charge in [-0.3, -0.25) is 28.8 Å². The number of unbranched alkanes of at least 4 members (excludes halogenated alkanes) is 2. The van der Waals surface area contributed by atoms with Gasteiger partial charge >= 0.3 is 7.12 Å². The number of carbonyl (C=O) groups is 6. The molecule has 69 heavy (non-hydrogen) atoms. The van der Waals surface area contributed by atoms with Crippen LogP contribution in [0.5, 0.6) is 0 Å². The fourth-order valence-corrected chi connectivity index (χ4v) is 10.2. The van der Waals surface area contributed by atoms with Gasteiger partial charge in [0, 0.05) is 18.5 Å². The molecule has 3 aliphatic carbocycles. The van der Waals surface area contributed by atoms with Crippen LogP contribution in [0, 0.1) is 23.2 Å². The summed E-state index contributed by atoms with van der Waals surface area (Å²) in [4.78, 5) is 81.1. The third-order valence-electron chi connectivity index (χ3n) is 14.7. The summed E-state index contributed by atoms with van der Waals surface area (Å²) in [5.41, 5.74) is 15.1. The van der Waals surface area contributed by atoms with Crippen LogP contribution < -0.4 is 43.4 Å². The first-order chi connectivity index (χ1) is 32.8. The molecule has 0 spiro atoms. The minimum atomic E-state index is -1.08. The Balaban J connectivity index is 1.11. The van der Waals surface area contributed by atoms with E-state index >= 15 is 0 Å². The highest BCUT2D eigenvalue weighted by Gasteiger charge is 2.68. The molecule has 1 saturated heterocycles. The molecular weight excluding hydrogens is 875 g/mol. The van der Waals surface area contributed by atoms with Crippen molar-refractivity contribution >= 4 is 42.6 Å². The molecule has 6 rings (SSSR count). The molecule has 4 fully saturated rings. The summed E-state index contributed by atoms with van der Waals surface area (Å²) in [6.07, 6.45) is 7.54.